The van der Waals surface area contributed by atoms with Crippen LogP contribution in [0, 0.1) is 6.92 Å². The smallest absolute Gasteiger partial charge is 0.328 e. The number of benzene rings is 1. The highest BCUT2D eigenvalue weighted by atomic mass is 35.5. The molecule has 1 aromatic carbocycles. The standard InChI is InChI=1S/C13H15ClFNO4/c1-7-3-4-9(14)11(5-7)20-8(2)12(17)16-10(6-15)13(18)19/h3-5,8,10H,6H2,1-2H3,(H,16,17)(H,18,19). The quantitative estimate of drug-likeness (QED) is 0.842. The Morgan fingerprint density at radius 2 is 2.15 bits per heavy atom. The fourth-order valence-corrected chi connectivity index (χ4v) is 1.56. The van der Waals surface area contributed by atoms with Gasteiger partial charge in [-0.05, 0) is 31.5 Å². The first-order valence-electron chi connectivity index (χ1n) is 5.87. The number of carbonyl (C=O) groups is 2. The predicted molar refractivity (Wildman–Crippen MR) is 71.8 cm³/mol. The van der Waals surface area contributed by atoms with Crippen molar-refractivity contribution in [3.63, 3.8) is 0 Å². The lowest BCUT2D eigenvalue weighted by Gasteiger charge is -2.18. The predicted octanol–water partition coefficient (Wildman–Crippen LogP) is 1.95. The number of carbonyl (C=O) groups excluding carboxylic acids is 1. The van der Waals surface area contributed by atoms with Crippen molar-refractivity contribution in [3.8, 4) is 5.75 Å². The van der Waals surface area contributed by atoms with E-state index in [1.165, 1.54) is 6.92 Å². The topological polar surface area (TPSA) is 75.6 Å². The summed E-state index contributed by atoms with van der Waals surface area (Å²) in [5.74, 6) is -1.87. The van der Waals surface area contributed by atoms with Crippen molar-refractivity contribution in [2.24, 2.45) is 0 Å². The normalized spacial score (nSPS) is 13.4. The molecule has 2 unspecified atom stereocenters. The summed E-state index contributed by atoms with van der Waals surface area (Å²) >= 11 is 5.92. The van der Waals surface area contributed by atoms with E-state index in [2.05, 4.69) is 0 Å². The first kappa shape index (κ1) is 16.2. The molecule has 1 rings (SSSR count). The summed E-state index contributed by atoms with van der Waals surface area (Å²) < 4.78 is 17.8. The molecule has 0 heterocycles. The first-order chi connectivity index (χ1) is 9.35. The van der Waals surface area contributed by atoms with Crippen molar-refractivity contribution in [1.82, 2.24) is 5.32 Å². The molecule has 0 aliphatic rings. The summed E-state index contributed by atoms with van der Waals surface area (Å²) in [4.78, 5) is 22.3. The van der Waals surface area contributed by atoms with E-state index in [0.717, 1.165) is 5.56 Å². The zero-order valence-corrected chi connectivity index (χ0v) is 11.8. The van der Waals surface area contributed by atoms with Gasteiger partial charge in [0.1, 0.15) is 12.4 Å². The summed E-state index contributed by atoms with van der Waals surface area (Å²) in [5.41, 5.74) is 0.893. The molecular formula is C13H15ClFNO4. The van der Waals surface area contributed by atoms with Gasteiger partial charge in [-0.1, -0.05) is 17.7 Å². The molecule has 110 valence electrons. The van der Waals surface area contributed by atoms with E-state index < -0.39 is 30.7 Å². The minimum absolute atomic E-state index is 0.307. The van der Waals surface area contributed by atoms with E-state index in [-0.39, 0.29) is 0 Å². The van der Waals surface area contributed by atoms with Crippen LogP contribution in [0.15, 0.2) is 18.2 Å². The fraction of sp³-hybridized carbons (Fsp3) is 0.385. The Kier molecular flexibility index (Phi) is 5.76. The maximum Gasteiger partial charge on any atom is 0.328 e. The van der Waals surface area contributed by atoms with Crippen molar-refractivity contribution in [3.05, 3.63) is 28.8 Å². The van der Waals surface area contributed by atoms with E-state index in [1.54, 1.807) is 18.2 Å². The first-order valence-corrected chi connectivity index (χ1v) is 6.25. The highest BCUT2D eigenvalue weighted by molar-refractivity contribution is 6.32. The Labute approximate surface area is 120 Å². The SMILES string of the molecule is Cc1ccc(Cl)c(OC(C)C(=O)NC(CF)C(=O)O)c1. The van der Waals surface area contributed by atoms with Gasteiger partial charge in [-0.3, -0.25) is 4.79 Å². The molecule has 0 radical (unpaired) electrons. The van der Waals surface area contributed by atoms with Crippen LogP contribution in [0.3, 0.4) is 0 Å². The van der Waals surface area contributed by atoms with Crippen LogP contribution in [0.25, 0.3) is 0 Å². The van der Waals surface area contributed by atoms with Gasteiger partial charge in [0.05, 0.1) is 5.02 Å². The van der Waals surface area contributed by atoms with Gasteiger partial charge in [0, 0.05) is 0 Å². The molecule has 0 fully saturated rings. The molecular weight excluding hydrogens is 289 g/mol. The van der Waals surface area contributed by atoms with Crippen LogP contribution in [0.2, 0.25) is 5.02 Å². The molecule has 5 nitrogen and oxygen atoms in total. The molecule has 7 heteroatoms. The Bertz CT molecular complexity index is 509. The van der Waals surface area contributed by atoms with Crippen molar-refractivity contribution >= 4 is 23.5 Å². The Morgan fingerprint density at radius 1 is 1.50 bits per heavy atom. The zero-order valence-electron chi connectivity index (χ0n) is 11.0. The molecule has 0 aliphatic heterocycles. The summed E-state index contributed by atoms with van der Waals surface area (Å²) in [6.07, 6.45) is -0.998. The molecule has 20 heavy (non-hydrogen) atoms. The number of hydrogen-bond acceptors (Lipinski definition) is 3. The molecule has 0 bridgehead atoms. The van der Waals surface area contributed by atoms with Gasteiger partial charge in [-0.15, -0.1) is 0 Å². The van der Waals surface area contributed by atoms with Crippen LogP contribution in [0.4, 0.5) is 4.39 Å². The minimum Gasteiger partial charge on any atom is -0.480 e. The van der Waals surface area contributed by atoms with Gasteiger partial charge < -0.3 is 15.2 Å². The number of carboxylic acid groups (broad SMARTS) is 1. The number of halogens is 2. The average Bonchev–Trinajstić information content (AvgIpc) is 2.39. The molecule has 0 saturated heterocycles. The summed E-state index contributed by atoms with van der Waals surface area (Å²) in [5, 5.41) is 11.0. The number of nitrogens with one attached hydrogen (secondary N) is 1. The summed E-state index contributed by atoms with van der Waals surface area (Å²) in [6, 6.07) is 3.47. The lowest BCUT2D eigenvalue weighted by Crippen LogP contribution is -2.47. The van der Waals surface area contributed by atoms with Crippen LogP contribution in [0.1, 0.15) is 12.5 Å². The third-order valence-electron chi connectivity index (χ3n) is 2.53. The fourth-order valence-electron chi connectivity index (χ4n) is 1.40. The molecule has 1 aromatic rings. The lowest BCUT2D eigenvalue weighted by molar-refractivity contribution is -0.143. The van der Waals surface area contributed by atoms with Crippen molar-refractivity contribution < 1.29 is 23.8 Å². The van der Waals surface area contributed by atoms with Crippen LogP contribution < -0.4 is 10.1 Å². The van der Waals surface area contributed by atoms with Gasteiger partial charge in [0.25, 0.3) is 5.91 Å². The molecule has 0 saturated carbocycles. The highest BCUT2D eigenvalue weighted by Gasteiger charge is 2.24. The van der Waals surface area contributed by atoms with Gasteiger partial charge in [0.2, 0.25) is 0 Å². The highest BCUT2D eigenvalue weighted by Crippen LogP contribution is 2.26. The molecule has 0 spiro atoms. The van der Waals surface area contributed by atoms with Crippen molar-refractivity contribution in [2.45, 2.75) is 26.0 Å². The van der Waals surface area contributed by atoms with Gasteiger partial charge in [-0.25, -0.2) is 9.18 Å². The number of alkyl halides is 1. The number of amides is 1. The number of hydrogen-bond donors (Lipinski definition) is 2. The third kappa shape index (κ3) is 4.38. The molecule has 1 amide bonds. The Morgan fingerprint density at radius 3 is 2.70 bits per heavy atom. The maximum atomic E-state index is 12.4. The second-order valence-corrected chi connectivity index (χ2v) is 4.65. The number of aryl methyl sites for hydroxylation is 1. The van der Waals surface area contributed by atoms with Gasteiger partial charge in [0.15, 0.2) is 12.1 Å². The largest absolute Gasteiger partial charge is 0.480 e. The van der Waals surface area contributed by atoms with Crippen LogP contribution in [0.5, 0.6) is 5.75 Å². The number of aliphatic carboxylic acids is 1. The van der Waals surface area contributed by atoms with E-state index in [4.69, 9.17) is 21.4 Å². The monoisotopic (exact) mass is 303 g/mol. The van der Waals surface area contributed by atoms with E-state index in [1.807, 2.05) is 12.2 Å². The average molecular weight is 304 g/mol. The number of carboxylic acids is 1. The summed E-state index contributed by atoms with van der Waals surface area (Å²) in [7, 11) is 0. The lowest BCUT2D eigenvalue weighted by atomic mass is 10.2. The minimum atomic E-state index is -1.58. The van der Waals surface area contributed by atoms with E-state index >= 15 is 0 Å². The molecule has 2 atom stereocenters. The molecule has 0 aliphatic carbocycles. The number of rotatable bonds is 6. The second kappa shape index (κ2) is 7.09. The third-order valence-corrected chi connectivity index (χ3v) is 2.84. The van der Waals surface area contributed by atoms with E-state index in [9.17, 15) is 14.0 Å². The maximum absolute atomic E-state index is 12.4. The molecule has 0 aromatic heterocycles. The van der Waals surface area contributed by atoms with Gasteiger partial charge in [-0.2, -0.15) is 0 Å². The van der Waals surface area contributed by atoms with Crippen LogP contribution >= 0.6 is 11.6 Å². The molecule has 2 N–H and O–H groups in total. The van der Waals surface area contributed by atoms with Crippen molar-refractivity contribution in [1.29, 1.82) is 0 Å². The Hall–Kier alpha value is -1.82. The van der Waals surface area contributed by atoms with E-state index in [0.29, 0.717) is 10.8 Å². The van der Waals surface area contributed by atoms with Crippen LogP contribution in [-0.2, 0) is 9.59 Å². The van der Waals surface area contributed by atoms with Crippen molar-refractivity contribution in [2.75, 3.05) is 6.67 Å². The Balaban J connectivity index is 2.70. The zero-order chi connectivity index (χ0) is 15.3. The summed E-state index contributed by atoms with van der Waals surface area (Å²) in [6.45, 7) is 2.06. The number of ether oxygens (including phenoxy) is 1. The van der Waals surface area contributed by atoms with Gasteiger partial charge >= 0.3 is 5.97 Å². The second-order valence-electron chi connectivity index (χ2n) is 4.25. The van der Waals surface area contributed by atoms with Crippen LogP contribution in [-0.4, -0.2) is 35.8 Å².